The number of carbonyl (C=O) groups excluding carboxylic acids is 1. The summed E-state index contributed by atoms with van der Waals surface area (Å²) in [6.45, 7) is 8.97. The number of rotatable bonds is 7. The Hall–Kier alpha value is -2.25. The number of piperidine rings is 1. The number of nitrogens with one attached hydrogen (secondary N) is 2. The zero-order chi connectivity index (χ0) is 19.6. The van der Waals surface area contributed by atoms with E-state index in [0.717, 1.165) is 49.6 Å². The molecule has 1 saturated heterocycles. The normalized spacial score (nSPS) is 15.9. The van der Waals surface area contributed by atoms with Gasteiger partial charge in [-0.1, -0.05) is 19.0 Å². The van der Waals surface area contributed by atoms with Crippen LogP contribution in [0.15, 0.2) is 15.6 Å². The van der Waals surface area contributed by atoms with Crippen LogP contribution in [0.4, 0.5) is 4.79 Å². The van der Waals surface area contributed by atoms with Gasteiger partial charge in [-0.3, -0.25) is 0 Å². The van der Waals surface area contributed by atoms with Gasteiger partial charge < -0.3 is 24.8 Å². The van der Waals surface area contributed by atoms with Gasteiger partial charge in [0.2, 0.25) is 0 Å². The van der Waals surface area contributed by atoms with Gasteiger partial charge in [-0.2, -0.15) is 0 Å². The second-order valence-electron chi connectivity index (χ2n) is 6.80. The van der Waals surface area contributed by atoms with Gasteiger partial charge >= 0.3 is 6.09 Å². The summed E-state index contributed by atoms with van der Waals surface area (Å²) >= 11 is 0. The van der Waals surface area contributed by atoms with Crippen LogP contribution in [0.3, 0.4) is 0 Å². The Morgan fingerprint density at radius 3 is 2.67 bits per heavy atom. The van der Waals surface area contributed by atoms with E-state index in [1.165, 1.54) is 7.11 Å². The molecule has 1 aromatic heterocycles. The second kappa shape index (κ2) is 10.8. The summed E-state index contributed by atoms with van der Waals surface area (Å²) in [6.07, 6.45) is 3.58. The van der Waals surface area contributed by atoms with Crippen molar-refractivity contribution >= 4 is 12.1 Å². The molecule has 0 spiro atoms. The topological polar surface area (TPSA) is 92.0 Å². The monoisotopic (exact) mass is 379 g/mol. The lowest BCUT2D eigenvalue weighted by Gasteiger charge is -2.32. The number of hydrogen-bond acceptors (Lipinski definition) is 5. The molecule has 0 aliphatic carbocycles. The second-order valence-corrected chi connectivity index (χ2v) is 6.80. The summed E-state index contributed by atoms with van der Waals surface area (Å²) < 4.78 is 10.2. The highest BCUT2D eigenvalue weighted by atomic mass is 16.5. The quantitative estimate of drug-likeness (QED) is 0.559. The molecule has 0 unspecified atom stereocenters. The van der Waals surface area contributed by atoms with Crippen LogP contribution in [-0.2, 0) is 11.3 Å². The highest BCUT2D eigenvalue weighted by Gasteiger charge is 2.23. The third-order valence-corrected chi connectivity index (χ3v) is 4.99. The Balaban J connectivity index is 1.90. The minimum atomic E-state index is -0.257. The van der Waals surface area contributed by atoms with Crippen molar-refractivity contribution in [3.05, 3.63) is 17.5 Å². The van der Waals surface area contributed by atoms with E-state index in [1.54, 1.807) is 4.90 Å². The smallest absolute Gasteiger partial charge is 0.409 e. The number of carbonyl (C=O) groups is 1. The third-order valence-electron chi connectivity index (χ3n) is 4.99. The number of amides is 1. The van der Waals surface area contributed by atoms with Crippen molar-refractivity contribution in [1.29, 1.82) is 0 Å². The summed E-state index contributed by atoms with van der Waals surface area (Å²) in [7, 11) is 1.42. The van der Waals surface area contributed by atoms with Gasteiger partial charge in [-0.05, 0) is 32.6 Å². The van der Waals surface area contributed by atoms with Crippen LogP contribution >= 0.6 is 0 Å². The van der Waals surface area contributed by atoms with Gasteiger partial charge in [0.05, 0.1) is 12.8 Å². The molecule has 1 aromatic rings. The predicted octanol–water partition coefficient (Wildman–Crippen LogP) is 2.86. The Morgan fingerprint density at radius 1 is 1.37 bits per heavy atom. The molecule has 1 fully saturated rings. The maximum absolute atomic E-state index is 11.6. The lowest BCUT2D eigenvalue weighted by Crippen LogP contribution is -2.49. The average Bonchev–Trinajstić information content (AvgIpc) is 3.16. The molecule has 8 heteroatoms. The molecule has 0 radical (unpaired) electrons. The Labute approximate surface area is 161 Å². The zero-order valence-corrected chi connectivity index (χ0v) is 17.0. The standard InChI is InChI=1S/C19H33N5O3/c1-5-14(6-2)17-12-16(27-23-17)13-21-18(20-7-3)22-15-8-10-24(11-9-15)19(25)26-4/h12,14-15H,5-11,13H2,1-4H3,(H2,20,21,22). The minimum Gasteiger partial charge on any atom is -0.453 e. The van der Waals surface area contributed by atoms with Crippen LogP contribution in [0.2, 0.25) is 0 Å². The molecule has 0 saturated carbocycles. The van der Waals surface area contributed by atoms with E-state index in [4.69, 9.17) is 9.26 Å². The van der Waals surface area contributed by atoms with E-state index in [1.807, 2.05) is 13.0 Å². The summed E-state index contributed by atoms with van der Waals surface area (Å²) in [5, 5.41) is 10.9. The number of aromatic nitrogens is 1. The van der Waals surface area contributed by atoms with Crippen molar-refractivity contribution < 1.29 is 14.1 Å². The van der Waals surface area contributed by atoms with Gasteiger partial charge in [0.25, 0.3) is 0 Å². The highest BCUT2D eigenvalue weighted by Crippen LogP contribution is 2.22. The fraction of sp³-hybridized carbons (Fsp3) is 0.737. The molecule has 2 heterocycles. The first kappa shape index (κ1) is 21.1. The van der Waals surface area contributed by atoms with Gasteiger partial charge in [-0.25, -0.2) is 9.79 Å². The summed E-state index contributed by atoms with van der Waals surface area (Å²) in [4.78, 5) is 17.9. The first-order chi connectivity index (χ1) is 13.1. The molecular formula is C19H33N5O3. The van der Waals surface area contributed by atoms with Crippen LogP contribution in [-0.4, -0.2) is 54.9 Å². The number of guanidine groups is 1. The lowest BCUT2D eigenvalue weighted by molar-refractivity contribution is 0.111. The van der Waals surface area contributed by atoms with Crippen molar-refractivity contribution in [1.82, 2.24) is 20.7 Å². The molecule has 2 rings (SSSR count). The molecule has 1 aliphatic heterocycles. The van der Waals surface area contributed by atoms with Gasteiger partial charge in [-0.15, -0.1) is 0 Å². The van der Waals surface area contributed by atoms with E-state index in [-0.39, 0.29) is 12.1 Å². The van der Waals surface area contributed by atoms with E-state index in [2.05, 4.69) is 34.6 Å². The van der Waals surface area contributed by atoms with Crippen LogP contribution in [0.25, 0.3) is 0 Å². The molecule has 1 aliphatic rings. The fourth-order valence-electron chi connectivity index (χ4n) is 3.31. The van der Waals surface area contributed by atoms with Crippen LogP contribution < -0.4 is 10.6 Å². The highest BCUT2D eigenvalue weighted by molar-refractivity contribution is 5.80. The fourth-order valence-corrected chi connectivity index (χ4v) is 3.31. The van der Waals surface area contributed by atoms with E-state index in [9.17, 15) is 4.79 Å². The maximum Gasteiger partial charge on any atom is 0.409 e. The summed E-state index contributed by atoms with van der Waals surface area (Å²) in [6, 6.07) is 2.29. The average molecular weight is 380 g/mol. The lowest BCUT2D eigenvalue weighted by atomic mass is 9.99. The summed E-state index contributed by atoms with van der Waals surface area (Å²) in [5.74, 6) is 1.97. The SMILES string of the molecule is CCNC(=NCc1cc(C(CC)CC)no1)NC1CCN(C(=O)OC)CC1. The van der Waals surface area contributed by atoms with Crippen LogP contribution in [0.5, 0.6) is 0 Å². The molecule has 27 heavy (non-hydrogen) atoms. The van der Waals surface area contributed by atoms with Crippen molar-refractivity contribution in [3.63, 3.8) is 0 Å². The first-order valence-corrected chi connectivity index (χ1v) is 9.94. The van der Waals surface area contributed by atoms with Crippen molar-refractivity contribution in [2.24, 2.45) is 4.99 Å². The largest absolute Gasteiger partial charge is 0.453 e. The molecular weight excluding hydrogens is 346 g/mol. The molecule has 1 amide bonds. The van der Waals surface area contributed by atoms with Gasteiger partial charge in [0, 0.05) is 37.7 Å². The van der Waals surface area contributed by atoms with Crippen molar-refractivity contribution in [3.8, 4) is 0 Å². The number of nitrogens with zero attached hydrogens (tertiary/aromatic N) is 3. The van der Waals surface area contributed by atoms with Crippen LogP contribution in [0.1, 0.15) is 63.8 Å². The minimum absolute atomic E-state index is 0.257. The number of hydrogen-bond donors (Lipinski definition) is 2. The number of methoxy groups -OCH3 is 1. The van der Waals surface area contributed by atoms with Crippen molar-refractivity contribution in [2.45, 2.75) is 65.0 Å². The first-order valence-electron chi connectivity index (χ1n) is 9.94. The molecule has 2 N–H and O–H groups in total. The van der Waals surface area contributed by atoms with E-state index < -0.39 is 0 Å². The number of ether oxygens (including phenoxy) is 1. The van der Waals surface area contributed by atoms with Gasteiger partial charge in [0.1, 0.15) is 6.54 Å². The maximum atomic E-state index is 11.6. The van der Waals surface area contributed by atoms with E-state index in [0.29, 0.717) is 25.6 Å². The number of aliphatic imine (C=N–C) groups is 1. The third kappa shape index (κ3) is 6.15. The Kier molecular flexibility index (Phi) is 8.42. The van der Waals surface area contributed by atoms with Crippen LogP contribution in [0, 0.1) is 0 Å². The number of likely N-dealkylation sites (tertiary alicyclic amines) is 1. The van der Waals surface area contributed by atoms with Crippen molar-refractivity contribution in [2.75, 3.05) is 26.7 Å². The molecule has 0 aromatic carbocycles. The molecule has 152 valence electrons. The van der Waals surface area contributed by atoms with E-state index >= 15 is 0 Å². The molecule has 0 bridgehead atoms. The van der Waals surface area contributed by atoms with Gasteiger partial charge in [0.15, 0.2) is 11.7 Å². The Morgan fingerprint density at radius 2 is 2.07 bits per heavy atom. The summed E-state index contributed by atoms with van der Waals surface area (Å²) in [5.41, 5.74) is 1.01. The predicted molar refractivity (Wildman–Crippen MR) is 105 cm³/mol. The molecule has 8 nitrogen and oxygen atoms in total. The molecule has 0 atom stereocenters. The Bertz CT molecular complexity index is 604. The zero-order valence-electron chi connectivity index (χ0n) is 17.0.